The van der Waals surface area contributed by atoms with E-state index in [-0.39, 0.29) is 5.91 Å². The van der Waals surface area contributed by atoms with Crippen LogP contribution in [-0.4, -0.2) is 27.9 Å². The highest BCUT2D eigenvalue weighted by atomic mass is 32.2. The molecule has 0 atom stereocenters. The maximum Gasteiger partial charge on any atom is 0.235 e. The van der Waals surface area contributed by atoms with E-state index in [4.69, 9.17) is 0 Å². The third-order valence-corrected chi connectivity index (χ3v) is 3.91. The molecule has 1 amide bonds. The molecule has 2 heterocycles. The van der Waals surface area contributed by atoms with Gasteiger partial charge in [-0.3, -0.25) is 9.78 Å². The van der Waals surface area contributed by atoms with Crippen LogP contribution in [0.5, 0.6) is 0 Å². The van der Waals surface area contributed by atoms with Crippen LogP contribution in [0.3, 0.4) is 0 Å². The predicted molar refractivity (Wildman–Crippen MR) is 77.1 cm³/mol. The van der Waals surface area contributed by atoms with Crippen molar-refractivity contribution in [1.82, 2.24) is 9.97 Å². The second-order valence-corrected chi connectivity index (χ2v) is 5.52. The molecule has 0 aromatic carbocycles. The Labute approximate surface area is 114 Å². The molecule has 1 N–H and O–H groups in total. The van der Waals surface area contributed by atoms with E-state index in [0.717, 1.165) is 21.3 Å². The fourth-order valence-electron chi connectivity index (χ4n) is 1.42. The summed E-state index contributed by atoms with van der Waals surface area (Å²) in [4.78, 5) is 20.1. The Morgan fingerprint density at radius 3 is 3.06 bits per heavy atom. The Morgan fingerprint density at radius 2 is 2.39 bits per heavy atom. The molecule has 0 aliphatic carbocycles. The Kier molecular flexibility index (Phi) is 4.33. The van der Waals surface area contributed by atoms with Crippen molar-refractivity contribution in [2.45, 2.75) is 6.92 Å². The number of rotatable bonds is 4. The lowest BCUT2D eigenvalue weighted by molar-refractivity contribution is -0.113. The van der Waals surface area contributed by atoms with E-state index in [1.54, 1.807) is 12.4 Å². The van der Waals surface area contributed by atoms with Gasteiger partial charge in [-0.25, -0.2) is 4.98 Å². The number of thioether (sulfide) groups is 1. The number of aryl methyl sites for hydroxylation is 1. The minimum Gasteiger partial charge on any atom is -0.315 e. The number of aromatic nitrogens is 2. The van der Waals surface area contributed by atoms with Crippen molar-refractivity contribution in [3.8, 4) is 10.6 Å². The van der Waals surface area contributed by atoms with E-state index < -0.39 is 0 Å². The molecule has 2 aromatic rings. The highest BCUT2D eigenvalue weighted by Crippen LogP contribution is 2.31. The van der Waals surface area contributed by atoms with Gasteiger partial charge in [-0.1, -0.05) is 11.3 Å². The van der Waals surface area contributed by atoms with Crippen LogP contribution in [0.4, 0.5) is 5.00 Å². The van der Waals surface area contributed by atoms with Gasteiger partial charge in [0.2, 0.25) is 5.91 Å². The summed E-state index contributed by atoms with van der Waals surface area (Å²) >= 11 is 2.97. The van der Waals surface area contributed by atoms with Gasteiger partial charge in [0.15, 0.2) is 0 Å². The average molecular weight is 279 g/mol. The molecule has 94 valence electrons. The summed E-state index contributed by atoms with van der Waals surface area (Å²) in [7, 11) is 0. The topological polar surface area (TPSA) is 54.9 Å². The first-order valence-electron chi connectivity index (χ1n) is 5.37. The van der Waals surface area contributed by atoms with Crippen LogP contribution < -0.4 is 5.32 Å². The first kappa shape index (κ1) is 13.0. The van der Waals surface area contributed by atoms with Crippen molar-refractivity contribution in [3.05, 3.63) is 30.2 Å². The fraction of sp³-hybridized carbons (Fsp3) is 0.250. The standard InChI is InChI=1S/C12H13N3OS2/c1-8-11(15-10(16)7-17-2)18-12(14-8)9-4-3-5-13-6-9/h3-6H,7H2,1-2H3,(H,15,16). The van der Waals surface area contributed by atoms with Crippen molar-refractivity contribution in [2.75, 3.05) is 17.3 Å². The second kappa shape index (κ2) is 5.97. The molecule has 4 nitrogen and oxygen atoms in total. The maximum atomic E-state index is 11.5. The lowest BCUT2D eigenvalue weighted by atomic mass is 10.3. The van der Waals surface area contributed by atoms with Gasteiger partial charge >= 0.3 is 0 Å². The summed E-state index contributed by atoms with van der Waals surface area (Å²) in [6.45, 7) is 1.89. The number of carbonyl (C=O) groups is 1. The van der Waals surface area contributed by atoms with Crippen molar-refractivity contribution in [1.29, 1.82) is 0 Å². The van der Waals surface area contributed by atoms with Crippen LogP contribution in [0, 0.1) is 6.92 Å². The van der Waals surface area contributed by atoms with Crippen molar-refractivity contribution in [2.24, 2.45) is 0 Å². The third-order valence-electron chi connectivity index (χ3n) is 2.23. The maximum absolute atomic E-state index is 11.5. The monoisotopic (exact) mass is 279 g/mol. The van der Waals surface area contributed by atoms with Gasteiger partial charge in [0.25, 0.3) is 0 Å². The zero-order chi connectivity index (χ0) is 13.0. The zero-order valence-electron chi connectivity index (χ0n) is 10.1. The normalized spacial score (nSPS) is 10.3. The van der Waals surface area contributed by atoms with Gasteiger partial charge in [-0.2, -0.15) is 11.8 Å². The van der Waals surface area contributed by atoms with E-state index in [2.05, 4.69) is 15.3 Å². The second-order valence-electron chi connectivity index (χ2n) is 3.66. The molecule has 0 aliphatic heterocycles. The predicted octanol–water partition coefficient (Wildman–Crippen LogP) is 2.82. The molecule has 0 radical (unpaired) electrons. The van der Waals surface area contributed by atoms with E-state index in [1.165, 1.54) is 23.1 Å². The van der Waals surface area contributed by atoms with Crippen molar-refractivity contribution >= 4 is 34.0 Å². The van der Waals surface area contributed by atoms with Crippen LogP contribution in [0.15, 0.2) is 24.5 Å². The van der Waals surface area contributed by atoms with Gasteiger partial charge < -0.3 is 5.32 Å². The highest BCUT2D eigenvalue weighted by molar-refractivity contribution is 7.99. The number of nitrogens with one attached hydrogen (secondary N) is 1. The number of anilines is 1. The molecule has 2 aromatic heterocycles. The van der Waals surface area contributed by atoms with E-state index in [0.29, 0.717) is 5.75 Å². The Morgan fingerprint density at radius 1 is 1.56 bits per heavy atom. The zero-order valence-corrected chi connectivity index (χ0v) is 11.8. The first-order valence-corrected chi connectivity index (χ1v) is 7.58. The van der Waals surface area contributed by atoms with E-state index in [9.17, 15) is 4.79 Å². The molecule has 0 aliphatic rings. The summed E-state index contributed by atoms with van der Waals surface area (Å²) in [5, 5.41) is 4.57. The minimum atomic E-state index is 0.00647. The van der Waals surface area contributed by atoms with Crippen molar-refractivity contribution < 1.29 is 4.79 Å². The molecule has 18 heavy (non-hydrogen) atoms. The summed E-state index contributed by atoms with van der Waals surface area (Å²) in [5.74, 6) is 0.464. The van der Waals surface area contributed by atoms with E-state index >= 15 is 0 Å². The molecule has 0 saturated heterocycles. The molecule has 0 fully saturated rings. The lowest BCUT2D eigenvalue weighted by Gasteiger charge is -2.00. The van der Waals surface area contributed by atoms with Crippen LogP contribution in [0.2, 0.25) is 0 Å². The van der Waals surface area contributed by atoms with Crippen LogP contribution in [0.25, 0.3) is 10.6 Å². The Balaban J connectivity index is 2.20. The molecular weight excluding hydrogens is 266 g/mol. The van der Waals surface area contributed by atoms with Crippen molar-refractivity contribution in [3.63, 3.8) is 0 Å². The molecule has 0 saturated carbocycles. The lowest BCUT2D eigenvalue weighted by Crippen LogP contribution is -2.13. The smallest absolute Gasteiger partial charge is 0.235 e. The highest BCUT2D eigenvalue weighted by Gasteiger charge is 2.11. The molecule has 0 spiro atoms. The van der Waals surface area contributed by atoms with Crippen LogP contribution >= 0.6 is 23.1 Å². The summed E-state index contributed by atoms with van der Waals surface area (Å²) < 4.78 is 0. The number of hydrogen-bond donors (Lipinski definition) is 1. The third kappa shape index (κ3) is 3.08. The summed E-state index contributed by atoms with van der Waals surface area (Å²) in [6.07, 6.45) is 5.40. The first-order chi connectivity index (χ1) is 8.70. The quantitative estimate of drug-likeness (QED) is 0.935. The van der Waals surface area contributed by atoms with Gasteiger partial charge in [0.05, 0.1) is 11.4 Å². The Hall–Kier alpha value is -1.40. The molecule has 2 rings (SSSR count). The van der Waals surface area contributed by atoms with Gasteiger partial charge in [0.1, 0.15) is 10.0 Å². The number of amides is 1. The fourth-order valence-corrected chi connectivity index (χ4v) is 2.73. The van der Waals surface area contributed by atoms with Gasteiger partial charge in [0, 0.05) is 18.0 Å². The largest absolute Gasteiger partial charge is 0.315 e. The number of pyridine rings is 1. The Bertz CT molecular complexity index is 540. The SMILES string of the molecule is CSCC(=O)Nc1sc(-c2cccnc2)nc1C. The molecule has 0 bridgehead atoms. The average Bonchev–Trinajstić information content (AvgIpc) is 2.72. The minimum absolute atomic E-state index is 0.00647. The molecular formula is C12H13N3OS2. The summed E-state index contributed by atoms with van der Waals surface area (Å²) in [5.41, 5.74) is 1.81. The number of nitrogens with zero attached hydrogens (tertiary/aromatic N) is 2. The molecule has 0 unspecified atom stereocenters. The van der Waals surface area contributed by atoms with Crippen LogP contribution in [-0.2, 0) is 4.79 Å². The summed E-state index contributed by atoms with van der Waals surface area (Å²) in [6, 6.07) is 3.83. The number of carbonyl (C=O) groups excluding carboxylic acids is 1. The number of hydrogen-bond acceptors (Lipinski definition) is 5. The number of thiazole rings is 1. The van der Waals surface area contributed by atoms with Gasteiger partial charge in [-0.05, 0) is 25.3 Å². The van der Waals surface area contributed by atoms with Gasteiger partial charge in [-0.15, -0.1) is 0 Å². The van der Waals surface area contributed by atoms with Crippen LogP contribution in [0.1, 0.15) is 5.69 Å². The van der Waals surface area contributed by atoms with E-state index in [1.807, 2.05) is 25.3 Å². The molecule has 6 heteroatoms.